The van der Waals surface area contributed by atoms with Crippen LogP contribution in [0, 0.1) is 13.8 Å². The van der Waals surface area contributed by atoms with Crippen molar-refractivity contribution in [3.8, 4) is 17.0 Å². The highest BCUT2D eigenvalue weighted by molar-refractivity contribution is 6.18. The number of methoxy groups -OCH3 is 1. The first kappa shape index (κ1) is 33.1. The van der Waals surface area contributed by atoms with Gasteiger partial charge >= 0.3 is 0 Å². The van der Waals surface area contributed by atoms with Gasteiger partial charge in [-0.15, -0.1) is 11.6 Å². The molecule has 3 aromatic rings. The van der Waals surface area contributed by atoms with Gasteiger partial charge in [0.15, 0.2) is 6.29 Å². The standard InChI is InChI=1S/C22H28N4O3.C7H15ClN2.C2H6/c1-15-21(16(2)29-23-15)22-19(14-27)18-13-17(28-4)5-6-20(18)26(22)12-11-25-9-7-24(3)8-10-25;1-9-4-6-10(3-2-8)7-5-9;1-2/h5-6,13-14H,7-12H2,1-4H3;2-7H2,1H3;1-2H3. The van der Waals surface area contributed by atoms with Gasteiger partial charge in [0, 0.05) is 94.3 Å². The Labute approximate surface area is 250 Å². The van der Waals surface area contributed by atoms with Crippen LogP contribution in [0.15, 0.2) is 22.7 Å². The highest BCUT2D eigenvalue weighted by Gasteiger charge is 2.25. The van der Waals surface area contributed by atoms with Crippen LogP contribution in [-0.2, 0) is 6.54 Å². The van der Waals surface area contributed by atoms with Gasteiger partial charge in [0.1, 0.15) is 11.5 Å². The van der Waals surface area contributed by atoms with Crippen LogP contribution in [0.5, 0.6) is 5.75 Å². The van der Waals surface area contributed by atoms with E-state index >= 15 is 0 Å². The Balaban J connectivity index is 0.000000324. The van der Waals surface area contributed by atoms with E-state index in [1.807, 2.05) is 45.9 Å². The molecule has 0 spiro atoms. The lowest BCUT2D eigenvalue weighted by Gasteiger charge is -2.32. The third-order valence-corrected chi connectivity index (χ3v) is 8.10. The van der Waals surface area contributed by atoms with Crippen molar-refractivity contribution < 1.29 is 14.1 Å². The number of carbonyl (C=O) groups excluding carboxylic acids is 1. The fourth-order valence-electron chi connectivity index (χ4n) is 5.43. The molecule has 41 heavy (non-hydrogen) atoms. The highest BCUT2D eigenvalue weighted by atomic mass is 35.5. The third-order valence-electron chi connectivity index (χ3n) is 7.93. The van der Waals surface area contributed by atoms with E-state index < -0.39 is 0 Å². The highest BCUT2D eigenvalue weighted by Crippen LogP contribution is 2.37. The lowest BCUT2D eigenvalue weighted by atomic mass is 10.0. The Morgan fingerprint density at radius 1 is 0.927 bits per heavy atom. The zero-order valence-electron chi connectivity index (χ0n) is 26.1. The number of aryl methyl sites for hydroxylation is 2. The van der Waals surface area contributed by atoms with Crippen LogP contribution in [0.3, 0.4) is 0 Å². The van der Waals surface area contributed by atoms with Crippen molar-refractivity contribution in [2.75, 3.05) is 92.5 Å². The second-order valence-electron chi connectivity index (χ2n) is 10.6. The van der Waals surface area contributed by atoms with Crippen molar-refractivity contribution in [3.63, 3.8) is 0 Å². The summed E-state index contributed by atoms with van der Waals surface area (Å²) in [6, 6.07) is 5.92. The number of ether oxygens (including phenoxy) is 1. The molecule has 0 radical (unpaired) electrons. The molecule has 0 atom stereocenters. The topological polar surface area (TPSA) is 70.2 Å². The van der Waals surface area contributed by atoms with Crippen LogP contribution >= 0.6 is 11.6 Å². The number of nitrogens with zero attached hydrogens (tertiary/aromatic N) is 6. The average Bonchev–Trinajstić information content (AvgIpc) is 3.49. The van der Waals surface area contributed by atoms with Gasteiger partial charge in [-0.1, -0.05) is 19.0 Å². The fourth-order valence-corrected chi connectivity index (χ4v) is 5.67. The molecule has 2 aliphatic rings. The Hall–Kier alpha value is -2.43. The molecule has 1 aromatic carbocycles. The van der Waals surface area contributed by atoms with Crippen molar-refractivity contribution in [1.29, 1.82) is 0 Å². The molecule has 2 aliphatic heterocycles. The maximum atomic E-state index is 12.2. The number of aromatic nitrogens is 2. The second kappa shape index (κ2) is 16.3. The van der Waals surface area contributed by atoms with Gasteiger partial charge in [-0.05, 0) is 46.1 Å². The summed E-state index contributed by atoms with van der Waals surface area (Å²) in [5, 5.41) is 5.02. The maximum Gasteiger partial charge on any atom is 0.152 e. The number of hydrogen-bond donors (Lipinski definition) is 0. The molecule has 0 bridgehead atoms. The van der Waals surface area contributed by atoms with E-state index in [0.717, 1.165) is 97.3 Å². The molecule has 9 nitrogen and oxygen atoms in total. The molecule has 4 heterocycles. The number of rotatable bonds is 8. The lowest BCUT2D eigenvalue weighted by molar-refractivity contribution is 0.112. The van der Waals surface area contributed by atoms with Gasteiger partial charge in [-0.3, -0.25) is 14.6 Å². The van der Waals surface area contributed by atoms with E-state index in [-0.39, 0.29) is 0 Å². The number of hydrogen-bond acceptors (Lipinski definition) is 8. The number of halogens is 1. The fraction of sp³-hybridized carbons (Fsp3) is 0.613. The molecule has 10 heteroatoms. The summed E-state index contributed by atoms with van der Waals surface area (Å²) in [4.78, 5) is 21.8. The Bertz CT molecular complexity index is 1210. The summed E-state index contributed by atoms with van der Waals surface area (Å²) in [5.41, 5.74) is 4.26. The van der Waals surface area contributed by atoms with Gasteiger partial charge in [-0.2, -0.15) is 0 Å². The number of alkyl halides is 1. The first-order valence-corrected chi connectivity index (χ1v) is 15.4. The minimum Gasteiger partial charge on any atom is -0.497 e. The summed E-state index contributed by atoms with van der Waals surface area (Å²) < 4.78 is 13.1. The van der Waals surface area contributed by atoms with E-state index in [4.69, 9.17) is 20.9 Å². The zero-order chi connectivity index (χ0) is 29.9. The quantitative estimate of drug-likeness (QED) is 0.282. The first-order valence-electron chi connectivity index (χ1n) is 14.8. The lowest BCUT2D eigenvalue weighted by Crippen LogP contribution is -2.45. The second-order valence-corrected chi connectivity index (χ2v) is 11.0. The Kier molecular flexibility index (Phi) is 13.1. The molecular weight excluding hydrogens is 540 g/mol. The van der Waals surface area contributed by atoms with Crippen LogP contribution in [-0.4, -0.2) is 128 Å². The van der Waals surface area contributed by atoms with Crippen molar-refractivity contribution in [2.45, 2.75) is 34.2 Å². The van der Waals surface area contributed by atoms with Gasteiger partial charge in [0.05, 0.1) is 24.1 Å². The summed E-state index contributed by atoms with van der Waals surface area (Å²) in [6.45, 7) is 19.6. The largest absolute Gasteiger partial charge is 0.497 e. The van der Waals surface area contributed by atoms with Crippen LogP contribution in [0.4, 0.5) is 0 Å². The van der Waals surface area contributed by atoms with Crippen LogP contribution in [0.25, 0.3) is 22.2 Å². The zero-order valence-corrected chi connectivity index (χ0v) is 26.8. The molecule has 2 fully saturated rings. The van der Waals surface area contributed by atoms with Gasteiger partial charge < -0.3 is 23.6 Å². The van der Waals surface area contributed by atoms with E-state index in [1.165, 1.54) is 26.2 Å². The van der Waals surface area contributed by atoms with E-state index in [0.29, 0.717) is 5.56 Å². The van der Waals surface area contributed by atoms with Gasteiger partial charge in [-0.25, -0.2) is 0 Å². The number of carbonyl (C=O) groups is 1. The molecule has 0 aliphatic carbocycles. The minimum atomic E-state index is 0.659. The van der Waals surface area contributed by atoms with Crippen molar-refractivity contribution in [1.82, 2.24) is 29.3 Å². The minimum absolute atomic E-state index is 0.659. The van der Waals surface area contributed by atoms with E-state index in [1.54, 1.807) is 7.11 Å². The maximum absolute atomic E-state index is 12.2. The number of piperazine rings is 2. The van der Waals surface area contributed by atoms with Crippen LogP contribution in [0.2, 0.25) is 0 Å². The normalized spacial score (nSPS) is 17.1. The molecule has 0 amide bonds. The molecule has 0 unspecified atom stereocenters. The molecular formula is C31H49ClN6O3. The number of likely N-dealkylation sites (N-methyl/N-ethyl adjacent to an activating group) is 2. The summed E-state index contributed by atoms with van der Waals surface area (Å²) in [7, 11) is 5.97. The van der Waals surface area contributed by atoms with Crippen molar-refractivity contribution >= 4 is 28.8 Å². The van der Waals surface area contributed by atoms with Crippen LogP contribution in [0.1, 0.15) is 35.7 Å². The molecule has 0 N–H and O–H groups in total. The van der Waals surface area contributed by atoms with Gasteiger partial charge in [0.2, 0.25) is 0 Å². The van der Waals surface area contributed by atoms with E-state index in [2.05, 4.69) is 43.4 Å². The number of benzene rings is 1. The molecule has 5 rings (SSSR count). The number of fused-ring (bicyclic) bond motifs is 1. The SMILES string of the molecule is CC.CN1CCN(CCCl)CC1.COc1ccc2c(c1)c(C=O)c(-c1c(C)noc1C)n2CCN1CCN(C)CC1. The molecule has 2 aromatic heterocycles. The van der Waals surface area contributed by atoms with Gasteiger partial charge in [0.25, 0.3) is 0 Å². The van der Waals surface area contributed by atoms with E-state index in [9.17, 15) is 4.79 Å². The average molecular weight is 589 g/mol. The predicted molar refractivity (Wildman–Crippen MR) is 169 cm³/mol. The predicted octanol–water partition coefficient (Wildman–Crippen LogP) is 4.48. The molecule has 2 saturated heterocycles. The van der Waals surface area contributed by atoms with Crippen molar-refractivity contribution in [3.05, 3.63) is 35.2 Å². The third kappa shape index (κ3) is 8.32. The van der Waals surface area contributed by atoms with Crippen molar-refractivity contribution in [2.24, 2.45) is 0 Å². The van der Waals surface area contributed by atoms with Crippen LogP contribution < -0.4 is 4.74 Å². The summed E-state index contributed by atoms with van der Waals surface area (Å²) in [5.74, 6) is 2.23. The summed E-state index contributed by atoms with van der Waals surface area (Å²) in [6.07, 6.45) is 0.940. The Morgan fingerprint density at radius 2 is 1.51 bits per heavy atom. The smallest absolute Gasteiger partial charge is 0.152 e. The monoisotopic (exact) mass is 588 g/mol. The molecule has 228 valence electrons. The Morgan fingerprint density at radius 3 is 2.00 bits per heavy atom. The first-order chi connectivity index (χ1) is 19.9. The molecule has 0 saturated carbocycles. The summed E-state index contributed by atoms with van der Waals surface area (Å²) >= 11 is 5.62. The number of aldehydes is 1.